The first-order valence-corrected chi connectivity index (χ1v) is 7.05. The summed E-state index contributed by atoms with van der Waals surface area (Å²) in [5.74, 6) is 2.54. The number of rotatable bonds is 4. The van der Waals surface area contributed by atoms with E-state index in [-0.39, 0.29) is 6.04 Å². The topological polar surface area (TPSA) is 43.6 Å². The molecule has 1 aliphatic rings. The smallest absolute Gasteiger partial charge is 0.161 e. The van der Waals surface area contributed by atoms with Crippen molar-refractivity contribution in [1.82, 2.24) is 5.32 Å². The maximum absolute atomic E-state index is 5.75. The molecule has 2 aromatic rings. The minimum atomic E-state index is 0.0344. The van der Waals surface area contributed by atoms with Crippen LogP contribution in [0.25, 0.3) is 0 Å². The van der Waals surface area contributed by atoms with Crippen LogP contribution in [0.15, 0.2) is 41.0 Å². The Kier molecular flexibility index (Phi) is 3.92. The van der Waals surface area contributed by atoms with E-state index < -0.39 is 0 Å². The van der Waals surface area contributed by atoms with Crippen LogP contribution in [0.5, 0.6) is 11.5 Å². The quantitative estimate of drug-likeness (QED) is 0.929. The number of hydrogen-bond donors (Lipinski definition) is 1. The number of benzene rings is 1. The van der Waals surface area contributed by atoms with Crippen molar-refractivity contribution in [1.29, 1.82) is 0 Å². The van der Waals surface area contributed by atoms with Crippen molar-refractivity contribution < 1.29 is 13.9 Å². The van der Waals surface area contributed by atoms with Gasteiger partial charge in [0.05, 0.1) is 25.5 Å². The molecule has 0 aliphatic carbocycles. The molecule has 0 radical (unpaired) electrons. The van der Waals surface area contributed by atoms with E-state index in [0.29, 0.717) is 13.2 Å². The van der Waals surface area contributed by atoms with Gasteiger partial charge in [-0.15, -0.1) is 0 Å². The molecule has 1 N–H and O–H groups in total. The molecule has 0 saturated heterocycles. The molecule has 1 atom stereocenters. The molecule has 106 valence electrons. The number of nitrogens with one attached hydrogen (secondary N) is 1. The molecule has 1 unspecified atom stereocenters. The van der Waals surface area contributed by atoms with Gasteiger partial charge in [-0.1, -0.05) is 13.0 Å². The second-order valence-electron chi connectivity index (χ2n) is 4.76. The Hall–Kier alpha value is -1.94. The third-order valence-corrected chi connectivity index (χ3v) is 3.34. The number of ether oxygens (including phenoxy) is 2. The zero-order valence-electron chi connectivity index (χ0n) is 11.6. The third kappa shape index (κ3) is 2.65. The summed E-state index contributed by atoms with van der Waals surface area (Å²) in [7, 11) is 0. The molecule has 2 heterocycles. The van der Waals surface area contributed by atoms with Gasteiger partial charge >= 0.3 is 0 Å². The summed E-state index contributed by atoms with van der Waals surface area (Å²) in [6.45, 7) is 4.35. The molecular formula is C16H19NO3. The summed E-state index contributed by atoms with van der Waals surface area (Å²) in [4.78, 5) is 0. The van der Waals surface area contributed by atoms with Gasteiger partial charge in [0.1, 0.15) is 5.76 Å². The highest BCUT2D eigenvalue weighted by Crippen LogP contribution is 2.34. The van der Waals surface area contributed by atoms with Crippen molar-refractivity contribution in [3.8, 4) is 11.5 Å². The van der Waals surface area contributed by atoms with Crippen molar-refractivity contribution in [2.24, 2.45) is 0 Å². The molecule has 3 rings (SSSR count). The molecule has 0 saturated carbocycles. The summed E-state index contributed by atoms with van der Waals surface area (Å²) in [6, 6.07) is 9.99. The minimum Gasteiger partial charge on any atom is -0.490 e. The lowest BCUT2D eigenvalue weighted by atomic mass is 10.0. The Morgan fingerprint density at radius 1 is 1.15 bits per heavy atom. The van der Waals surface area contributed by atoms with Crippen molar-refractivity contribution in [2.45, 2.75) is 19.4 Å². The lowest BCUT2D eigenvalue weighted by Crippen LogP contribution is -2.21. The van der Waals surface area contributed by atoms with Crippen LogP contribution in [0, 0.1) is 0 Å². The summed E-state index contributed by atoms with van der Waals surface area (Å²) in [5, 5.41) is 3.43. The first kappa shape index (κ1) is 13.1. The van der Waals surface area contributed by atoms with E-state index in [0.717, 1.165) is 35.8 Å². The Labute approximate surface area is 118 Å². The maximum atomic E-state index is 5.75. The Balaban J connectivity index is 1.93. The predicted octanol–water partition coefficient (Wildman–Crippen LogP) is 3.14. The molecular weight excluding hydrogens is 254 g/mol. The molecule has 0 spiro atoms. The highest BCUT2D eigenvalue weighted by atomic mass is 16.5. The second kappa shape index (κ2) is 6.01. The highest BCUT2D eigenvalue weighted by Gasteiger charge is 2.19. The fourth-order valence-electron chi connectivity index (χ4n) is 2.40. The van der Waals surface area contributed by atoms with Gasteiger partial charge in [0.2, 0.25) is 0 Å². The molecule has 4 heteroatoms. The average Bonchev–Trinajstić information content (AvgIpc) is 2.89. The van der Waals surface area contributed by atoms with Gasteiger partial charge in [-0.25, -0.2) is 0 Å². The molecule has 0 amide bonds. The first-order chi connectivity index (χ1) is 9.88. The maximum Gasteiger partial charge on any atom is 0.161 e. The standard InChI is InChI=1S/C16H19NO3/c1-2-17-16(14-5-3-8-19-14)12-6-7-13-15(11-12)20-10-4-9-18-13/h3,5-8,11,16-17H,2,4,9-10H2,1H3. The molecule has 0 fully saturated rings. The monoisotopic (exact) mass is 273 g/mol. The van der Waals surface area contributed by atoms with Crippen LogP contribution in [0.3, 0.4) is 0 Å². The van der Waals surface area contributed by atoms with Gasteiger partial charge in [-0.05, 0) is 36.4 Å². The zero-order valence-corrected chi connectivity index (χ0v) is 11.6. The fourth-order valence-corrected chi connectivity index (χ4v) is 2.40. The molecule has 20 heavy (non-hydrogen) atoms. The SMILES string of the molecule is CCNC(c1ccc2c(c1)OCCCO2)c1ccco1. The van der Waals surface area contributed by atoms with Crippen molar-refractivity contribution >= 4 is 0 Å². The van der Waals surface area contributed by atoms with Crippen molar-refractivity contribution in [3.63, 3.8) is 0 Å². The number of hydrogen-bond acceptors (Lipinski definition) is 4. The minimum absolute atomic E-state index is 0.0344. The van der Waals surface area contributed by atoms with E-state index in [2.05, 4.69) is 18.3 Å². The average molecular weight is 273 g/mol. The van der Waals surface area contributed by atoms with Crippen LogP contribution in [0.1, 0.15) is 30.7 Å². The van der Waals surface area contributed by atoms with Gasteiger partial charge in [0.15, 0.2) is 11.5 Å². The van der Waals surface area contributed by atoms with Gasteiger partial charge in [0.25, 0.3) is 0 Å². The van der Waals surface area contributed by atoms with Crippen LogP contribution in [-0.4, -0.2) is 19.8 Å². The van der Waals surface area contributed by atoms with Gasteiger partial charge in [-0.3, -0.25) is 0 Å². The van der Waals surface area contributed by atoms with Crippen LogP contribution in [0.4, 0.5) is 0 Å². The summed E-state index contributed by atoms with van der Waals surface area (Å²) < 4.78 is 17.0. The van der Waals surface area contributed by atoms with E-state index in [1.54, 1.807) is 6.26 Å². The van der Waals surface area contributed by atoms with Crippen molar-refractivity contribution in [2.75, 3.05) is 19.8 Å². The van der Waals surface area contributed by atoms with Crippen LogP contribution in [-0.2, 0) is 0 Å². The Morgan fingerprint density at radius 2 is 2.00 bits per heavy atom. The van der Waals surface area contributed by atoms with Crippen LogP contribution < -0.4 is 14.8 Å². The number of fused-ring (bicyclic) bond motifs is 1. The first-order valence-electron chi connectivity index (χ1n) is 7.05. The van der Waals surface area contributed by atoms with Gasteiger partial charge in [0, 0.05) is 6.42 Å². The fraction of sp³-hybridized carbons (Fsp3) is 0.375. The van der Waals surface area contributed by atoms with Gasteiger partial charge < -0.3 is 19.2 Å². The Morgan fingerprint density at radius 3 is 2.75 bits per heavy atom. The highest BCUT2D eigenvalue weighted by molar-refractivity contribution is 5.45. The summed E-state index contributed by atoms with van der Waals surface area (Å²) >= 11 is 0. The van der Waals surface area contributed by atoms with Crippen LogP contribution in [0.2, 0.25) is 0 Å². The van der Waals surface area contributed by atoms with Crippen molar-refractivity contribution in [3.05, 3.63) is 47.9 Å². The van der Waals surface area contributed by atoms with E-state index in [1.807, 2.05) is 24.3 Å². The Bertz CT molecular complexity index is 551. The predicted molar refractivity (Wildman–Crippen MR) is 76.3 cm³/mol. The largest absolute Gasteiger partial charge is 0.490 e. The normalized spacial score (nSPS) is 15.7. The lowest BCUT2D eigenvalue weighted by Gasteiger charge is -2.17. The second-order valence-corrected chi connectivity index (χ2v) is 4.76. The summed E-state index contributed by atoms with van der Waals surface area (Å²) in [5.41, 5.74) is 1.12. The lowest BCUT2D eigenvalue weighted by molar-refractivity contribution is 0.297. The van der Waals surface area contributed by atoms with Crippen LogP contribution >= 0.6 is 0 Å². The van der Waals surface area contributed by atoms with Gasteiger partial charge in [-0.2, -0.15) is 0 Å². The zero-order chi connectivity index (χ0) is 13.8. The van der Waals surface area contributed by atoms with E-state index in [1.165, 1.54) is 0 Å². The molecule has 1 aromatic carbocycles. The molecule has 1 aliphatic heterocycles. The number of furan rings is 1. The molecule has 0 bridgehead atoms. The molecule has 4 nitrogen and oxygen atoms in total. The third-order valence-electron chi connectivity index (χ3n) is 3.34. The summed E-state index contributed by atoms with van der Waals surface area (Å²) in [6.07, 6.45) is 2.61. The molecule has 1 aromatic heterocycles. The van der Waals surface area contributed by atoms with E-state index >= 15 is 0 Å². The van der Waals surface area contributed by atoms with E-state index in [4.69, 9.17) is 13.9 Å². The van der Waals surface area contributed by atoms with E-state index in [9.17, 15) is 0 Å².